The van der Waals surface area contributed by atoms with Crippen molar-refractivity contribution in [3.63, 3.8) is 0 Å². The molecule has 0 saturated heterocycles. The Labute approximate surface area is 308 Å². The third-order valence-electron chi connectivity index (χ3n) is 13.2. The van der Waals surface area contributed by atoms with Gasteiger partial charge in [0, 0.05) is 60.7 Å². The minimum atomic E-state index is -0.0527. The lowest BCUT2D eigenvalue weighted by molar-refractivity contribution is 0.669. The number of nitrogens with zero attached hydrogens (tertiary/aromatic N) is 2. The molecular weight excluding hydrogens is 655 g/mol. The molecule has 0 N–H and O–H groups in total. The predicted octanol–water partition coefficient (Wildman–Crippen LogP) is 11.7. The molecule has 0 amide bonds. The quantitative estimate of drug-likeness (QED) is 0.146. The zero-order valence-electron chi connectivity index (χ0n) is 28.8. The molecule has 5 heterocycles. The molecule has 244 valence electrons. The average Bonchev–Trinajstić information content (AvgIpc) is 3.86. The predicted molar refractivity (Wildman–Crippen MR) is 226 cm³/mol. The number of hydrogen-bond donors (Lipinski definition) is 0. The van der Waals surface area contributed by atoms with E-state index in [4.69, 9.17) is 4.42 Å². The number of hydrogen-bond acceptors (Lipinski definition) is 1. The van der Waals surface area contributed by atoms with Crippen molar-refractivity contribution in [3.8, 4) is 39.1 Å². The number of benzene rings is 9. The summed E-state index contributed by atoms with van der Waals surface area (Å²) in [6, 6.07) is 56.9. The third kappa shape index (κ3) is 2.78. The zero-order chi connectivity index (χ0) is 34.6. The highest BCUT2D eigenvalue weighted by molar-refractivity contribution is 6.91. The molecule has 12 aromatic rings. The largest absolute Gasteiger partial charge is 0.456 e. The van der Waals surface area contributed by atoms with Crippen LogP contribution in [0.1, 0.15) is 0 Å². The Morgan fingerprint density at radius 2 is 1.13 bits per heavy atom. The van der Waals surface area contributed by atoms with E-state index in [2.05, 4.69) is 161 Å². The molecule has 3 aromatic heterocycles. The highest BCUT2D eigenvalue weighted by Gasteiger charge is 2.44. The second kappa shape index (κ2) is 8.77. The van der Waals surface area contributed by atoms with Gasteiger partial charge in [-0.1, -0.05) is 127 Å². The fourth-order valence-electron chi connectivity index (χ4n) is 11.3. The fourth-order valence-corrected chi connectivity index (χ4v) is 11.3. The first-order valence-electron chi connectivity index (χ1n) is 18.9. The van der Waals surface area contributed by atoms with Crippen molar-refractivity contribution in [2.45, 2.75) is 0 Å². The summed E-state index contributed by atoms with van der Waals surface area (Å²) in [7, 11) is 0. The molecule has 15 rings (SSSR count). The van der Waals surface area contributed by atoms with E-state index < -0.39 is 0 Å². The van der Waals surface area contributed by atoms with E-state index in [1.54, 1.807) is 0 Å². The van der Waals surface area contributed by atoms with Gasteiger partial charge in [-0.15, -0.1) is 0 Å². The number of furan rings is 1. The molecule has 0 atom stereocenters. The summed E-state index contributed by atoms with van der Waals surface area (Å²) in [5, 5.41) is 12.9. The van der Waals surface area contributed by atoms with Crippen molar-refractivity contribution in [1.29, 1.82) is 0 Å². The van der Waals surface area contributed by atoms with Gasteiger partial charge in [0.1, 0.15) is 11.2 Å². The van der Waals surface area contributed by atoms with Crippen molar-refractivity contribution in [2.24, 2.45) is 0 Å². The smallest absolute Gasteiger partial charge is 0.333 e. The maximum Gasteiger partial charge on any atom is 0.333 e. The van der Waals surface area contributed by atoms with Gasteiger partial charge in [0.15, 0.2) is 0 Å². The van der Waals surface area contributed by atoms with Crippen LogP contribution in [0.15, 0.2) is 156 Å². The molecule has 3 aliphatic rings. The first-order chi connectivity index (χ1) is 26.8. The Balaban J connectivity index is 1.26. The molecule has 0 unspecified atom stereocenters. The Hall–Kier alpha value is -7.04. The third-order valence-corrected chi connectivity index (χ3v) is 13.2. The highest BCUT2D eigenvalue weighted by Crippen LogP contribution is 2.52. The van der Waals surface area contributed by atoms with Crippen LogP contribution in [0.3, 0.4) is 0 Å². The molecule has 1 aliphatic carbocycles. The molecule has 2 aliphatic heterocycles. The van der Waals surface area contributed by atoms with Gasteiger partial charge in [-0.05, 0) is 78.5 Å². The number of aromatic nitrogens is 2. The number of para-hydroxylation sites is 2. The van der Waals surface area contributed by atoms with Crippen LogP contribution in [-0.2, 0) is 0 Å². The van der Waals surface area contributed by atoms with Crippen LogP contribution >= 0.6 is 0 Å². The highest BCUT2D eigenvalue weighted by atomic mass is 16.3. The van der Waals surface area contributed by atoms with Crippen LogP contribution in [0.2, 0.25) is 0 Å². The lowest BCUT2D eigenvalue weighted by Crippen LogP contribution is -2.55. The van der Waals surface area contributed by atoms with E-state index in [-0.39, 0.29) is 6.85 Å². The Kier molecular flexibility index (Phi) is 4.33. The van der Waals surface area contributed by atoms with Gasteiger partial charge in [-0.3, -0.25) is 0 Å². The van der Waals surface area contributed by atoms with Gasteiger partial charge >= 0.3 is 6.85 Å². The normalized spacial score (nSPS) is 13.5. The summed E-state index contributed by atoms with van der Waals surface area (Å²) in [6.07, 6.45) is 0. The minimum Gasteiger partial charge on any atom is -0.456 e. The molecule has 0 spiro atoms. The van der Waals surface area contributed by atoms with Crippen LogP contribution in [0.25, 0.3) is 126 Å². The van der Waals surface area contributed by atoms with Gasteiger partial charge in [0.2, 0.25) is 0 Å². The van der Waals surface area contributed by atoms with Gasteiger partial charge < -0.3 is 13.5 Å². The number of rotatable bonds is 0. The topological polar surface area (TPSA) is 23.0 Å². The van der Waals surface area contributed by atoms with Crippen molar-refractivity contribution in [3.05, 3.63) is 152 Å². The second-order valence-corrected chi connectivity index (χ2v) is 15.5. The molecule has 9 aromatic carbocycles. The van der Waals surface area contributed by atoms with Crippen LogP contribution in [0.5, 0.6) is 0 Å². The van der Waals surface area contributed by atoms with Crippen LogP contribution in [0.4, 0.5) is 0 Å². The molecular formula is C50H25BN2O. The molecule has 4 heteroatoms. The molecule has 54 heavy (non-hydrogen) atoms. The second-order valence-electron chi connectivity index (χ2n) is 15.5. The van der Waals surface area contributed by atoms with Crippen molar-refractivity contribution >= 4 is 105 Å². The molecule has 0 fully saturated rings. The maximum atomic E-state index is 6.84. The van der Waals surface area contributed by atoms with Gasteiger partial charge in [-0.25, -0.2) is 0 Å². The number of fused-ring (bicyclic) bond motifs is 17. The summed E-state index contributed by atoms with van der Waals surface area (Å²) in [6.45, 7) is -0.0527. The SMILES string of the molecule is c1ccc2c(c1)-c1cccc3cc4c5c(c13)c1c-2cccc1n5-c1cc2oc3ccccc3c2c2c1B4n1c3ccc4ccccc4c3c3cccc-2c31. The fraction of sp³-hybridized carbons (Fsp3) is 0. The van der Waals surface area contributed by atoms with E-state index in [0.29, 0.717) is 0 Å². The van der Waals surface area contributed by atoms with E-state index >= 15 is 0 Å². The van der Waals surface area contributed by atoms with Crippen LogP contribution < -0.4 is 10.9 Å². The van der Waals surface area contributed by atoms with Crippen molar-refractivity contribution in [1.82, 2.24) is 9.05 Å². The van der Waals surface area contributed by atoms with E-state index in [9.17, 15) is 0 Å². The maximum absolute atomic E-state index is 6.84. The molecule has 0 radical (unpaired) electrons. The Bertz CT molecular complexity index is 3800. The minimum absolute atomic E-state index is 0.0527. The Morgan fingerprint density at radius 3 is 2.04 bits per heavy atom. The first-order valence-corrected chi connectivity index (χ1v) is 18.9. The van der Waals surface area contributed by atoms with Gasteiger partial charge in [-0.2, -0.15) is 0 Å². The summed E-state index contributed by atoms with van der Waals surface area (Å²) >= 11 is 0. The van der Waals surface area contributed by atoms with Gasteiger partial charge in [0.25, 0.3) is 0 Å². The standard InChI is InChI=1S/C50H25BN2O/c1-2-12-28-26(10-1)22-23-38-43(28)34-18-8-19-35-46-45-33-15-5-6-21-40(33)54-41(45)25-39-48(46)51(53(38)49(34)35)36-24-27-11-7-16-31-29-13-3-4-14-30(29)32-17-9-20-37-44(32)47(42(27)31)50(36)52(37)39/h1-25H. The van der Waals surface area contributed by atoms with E-state index in [1.807, 2.05) is 0 Å². The Morgan fingerprint density at radius 1 is 0.426 bits per heavy atom. The summed E-state index contributed by atoms with van der Waals surface area (Å²) in [4.78, 5) is 0. The lowest BCUT2D eigenvalue weighted by Gasteiger charge is -2.34. The van der Waals surface area contributed by atoms with Crippen molar-refractivity contribution in [2.75, 3.05) is 0 Å². The van der Waals surface area contributed by atoms with E-state index in [1.165, 1.54) is 126 Å². The van der Waals surface area contributed by atoms with Crippen molar-refractivity contribution < 1.29 is 4.42 Å². The molecule has 0 saturated carbocycles. The van der Waals surface area contributed by atoms with Crippen LogP contribution in [0, 0.1) is 0 Å². The summed E-state index contributed by atoms with van der Waals surface area (Å²) in [5.74, 6) is 0. The van der Waals surface area contributed by atoms with Crippen LogP contribution in [-0.4, -0.2) is 15.9 Å². The monoisotopic (exact) mass is 680 g/mol. The summed E-state index contributed by atoms with van der Waals surface area (Å²) in [5.41, 5.74) is 18.7. The molecule has 0 bridgehead atoms. The average molecular weight is 681 g/mol. The van der Waals surface area contributed by atoms with Gasteiger partial charge in [0.05, 0.1) is 11.0 Å². The molecule has 3 nitrogen and oxygen atoms in total. The summed E-state index contributed by atoms with van der Waals surface area (Å²) < 4.78 is 12.1. The van der Waals surface area contributed by atoms with E-state index in [0.717, 1.165) is 11.2 Å². The first kappa shape index (κ1) is 26.7. The lowest BCUT2D eigenvalue weighted by atomic mass is 9.45. The zero-order valence-corrected chi connectivity index (χ0v) is 28.8.